The molecule has 0 fully saturated rings. The normalized spacial score (nSPS) is 12.8. The number of amides is 4. The van der Waals surface area contributed by atoms with E-state index < -0.39 is 24.5 Å². The highest BCUT2D eigenvalue weighted by molar-refractivity contribution is 7.17. The molecule has 3 N–H and O–H groups in total. The number of hydrogen-bond acceptors (Lipinski definition) is 6. The lowest BCUT2D eigenvalue weighted by Gasteiger charge is -2.12. The predicted molar refractivity (Wildman–Crippen MR) is 88.1 cm³/mol. The molecule has 1 heterocycles. The van der Waals surface area contributed by atoms with Gasteiger partial charge in [0.25, 0.3) is 5.91 Å². The van der Waals surface area contributed by atoms with Crippen LogP contribution in [0.1, 0.15) is 40.6 Å². The number of carbonyl (C=O) groups excluding carboxylic acids is 4. The molecule has 1 aliphatic rings. The van der Waals surface area contributed by atoms with E-state index in [9.17, 15) is 19.2 Å². The molecule has 0 unspecified atom stereocenters. The van der Waals surface area contributed by atoms with E-state index in [0.29, 0.717) is 10.6 Å². The van der Waals surface area contributed by atoms with Gasteiger partial charge in [-0.15, -0.1) is 11.3 Å². The van der Waals surface area contributed by atoms with E-state index in [1.807, 2.05) is 5.32 Å². The lowest BCUT2D eigenvalue weighted by molar-refractivity contribution is -0.123. The van der Waals surface area contributed by atoms with E-state index in [1.54, 1.807) is 0 Å². The summed E-state index contributed by atoms with van der Waals surface area (Å²) in [5.74, 6) is -1.68. The number of esters is 1. The number of fused-ring (bicyclic) bond motifs is 1. The number of nitrogens with one attached hydrogen (secondary N) is 3. The minimum absolute atomic E-state index is 0.278. The van der Waals surface area contributed by atoms with Gasteiger partial charge in [0.1, 0.15) is 5.00 Å². The molecular formula is C15H19N3O5S. The maximum absolute atomic E-state index is 12.4. The van der Waals surface area contributed by atoms with E-state index >= 15 is 0 Å². The zero-order valence-corrected chi connectivity index (χ0v) is 14.3. The Kier molecular flexibility index (Phi) is 5.91. The number of anilines is 1. The van der Waals surface area contributed by atoms with Gasteiger partial charge in [-0.25, -0.2) is 9.59 Å². The number of carbonyl (C=O) groups is 4. The number of imide groups is 1. The first-order valence-corrected chi connectivity index (χ1v) is 8.34. The van der Waals surface area contributed by atoms with Crippen LogP contribution in [-0.4, -0.2) is 37.5 Å². The Morgan fingerprint density at radius 1 is 1.17 bits per heavy atom. The van der Waals surface area contributed by atoms with Crippen LogP contribution in [0, 0.1) is 0 Å². The fourth-order valence-electron chi connectivity index (χ4n) is 2.46. The molecule has 0 saturated carbocycles. The van der Waals surface area contributed by atoms with Crippen molar-refractivity contribution in [1.82, 2.24) is 10.6 Å². The van der Waals surface area contributed by atoms with Crippen LogP contribution in [0.2, 0.25) is 0 Å². The van der Waals surface area contributed by atoms with Crippen LogP contribution in [0.25, 0.3) is 0 Å². The van der Waals surface area contributed by atoms with Crippen LogP contribution in [0.3, 0.4) is 0 Å². The van der Waals surface area contributed by atoms with Crippen molar-refractivity contribution in [2.24, 2.45) is 0 Å². The lowest BCUT2D eigenvalue weighted by atomic mass is 9.95. The van der Waals surface area contributed by atoms with Gasteiger partial charge < -0.3 is 15.4 Å². The molecule has 4 amide bonds. The average Bonchev–Trinajstić information content (AvgIpc) is 2.89. The van der Waals surface area contributed by atoms with E-state index in [4.69, 9.17) is 4.74 Å². The minimum atomic E-state index is -0.729. The Morgan fingerprint density at radius 3 is 2.54 bits per heavy atom. The van der Waals surface area contributed by atoms with Gasteiger partial charge in [0.15, 0.2) is 6.61 Å². The Bertz CT molecular complexity index is 683. The molecule has 1 aromatic rings. The molecular weight excluding hydrogens is 334 g/mol. The largest absolute Gasteiger partial charge is 0.452 e. The monoisotopic (exact) mass is 353 g/mol. The van der Waals surface area contributed by atoms with E-state index in [0.717, 1.165) is 36.1 Å². The summed E-state index contributed by atoms with van der Waals surface area (Å²) in [4.78, 5) is 47.4. The molecule has 130 valence electrons. The number of rotatable bonds is 4. The number of thiophene rings is 1. The van der Waals surface area contributed by atoms with Gasteiger partial charge in [-0.2, -0.15) is 0 Å². The fraction of sp³-hybridized carbons (Fsp3) is 0.467. The second-order valence-electron chi connectivity index (χ2n) is 5.30. The molecule has 1 aromatic heterocycles. The first-order chi connectivity index (χ1) is 11.4. The van der Waals surface area contributed by atoms with Crippen molar-refractivity contribution in [2.75, 3.05) is 19.0 Å². The fourth-order valence-corrected chi connectivity index (χ4v) is 3.78. The zero-order chi connectivity index (χ0) is 17.7. The highest BCUT2D eigenvalue weighted by Crippen LogP contribution is 2.38. The summed E-state index contributed by atoms with van der Waals surface area (Å²) in [6, 6.07) is -0.678. The molecule has 2 rings (SSSR count). The molecule has 1 aliphatic carbocycles. The third-order valence-corrected chi connectivity index (χ3v) is 4.69. The Balaban J connectivity index is 2.12. The topological polar surface area (TPSA) is 114 Å². The summed E-state index contributed by atoms with van der Waals surface area (Å²) >= 11 is 1.37. The summed E-state index contributed by atoms with van der Waals surface area (Å²) in [7, 11) is 1.37. The van der Waals surface area contributed by atoms with Crippen LogP contribution in [0.4, 0.5) is 9.80 Å². The summed E-state index contributed by atoms with van der Waals surface area (Å²) in [5.41, 5.74) is 1.20. The van der Waals surface area contributed by atoms with E-state index in [2.05, 4.69) is 10.6 Å². The standard InChI is InChI=1S/C15H19N3O5S/c1-8(19)17-13-12(9-5-3-4-6-10(9)24-13)14(21)23-7-11(20)18-15(22)16-2/h3-7H2,1-2H3,(H,17,19)(H2,16,18,20,22). The van der Waals surface area contributed by atoms with Gasteiger partial charge in [0, 0.05) is 18.8 Å². The van der Waals surface area contributed by atoms with Crippen molar-refractivity contribution in [3.63, 3.8) is 0 Å². The van der Waals surface area contributed by atoms with Gasteiger partial charge >= 0.3 is 12.0 Å². The van der Waals surface area contributed by atoms with Crippen LogP contribution in [0.15, 0.2) is 0 Å². The van der Waals surface area contributed by atoms with Crippen LogP contribution >= 0.6 is 11.3 Å². The third kappa shape index (κ3) is 4.31. The van der Waals surface area contributed by atoms with Crippen molar-refractivity contribution in [2.45, 2.75) is 32.6 Å². The summed E-state index contributed by atoms with van der Waals surface area (Å²) < 4.78 is 5.01. The summed E-state index contributed by atoms with van der Waals surface area (Å²) in [6.07, 6.45) is 3.59. The predicted octanol–water partition coefficient (Wildman–Crippen LogP) is 1.20. The Hall–Kier alpha value is -2.42. The smallest absolute Gasteiger partial charge is 0.341 e. The van der Waals surface area contributed by atoms with Gasteiger partial charge in [0.05, 0.1) is 5.56 Å². The van der Waals surface area contributed by atoms with Gasteiger partial charge in [-0.1, -0.05) is 0 Å². The Morgan fingerprint density at radius 2 is 1.88 bits per heavy atom. The summed E-state index contributed by atoms with van der Waals surface area (Å²) in [6.45, 7) is 0.793. The molecule has 0 radical (unpaired) electrons. The first kappa shape index (κ1) is 17.9. The van der Waals surface area contributed by atoms with Gasteiger partial charge in [-0.3, -0.25) is 14.9 Å². The second kappa shape index (κ2) is 7.91. The van der Waals surface area contributed by atoms with Crippen molar-refractivity contribution >= 4 is 40.2 Å². The average molecular weight is 353 g/mol. The van der Waals surface area contributed by atoms with Crippen LogP contribution < -0.4 is 16.0 Å². The van der Waals surface area contributed by atoms with Crippen molar-refractivity contribution in [3.05, 3.63) is 16.0 Å². The first-order valence-electron chi connectivity index (χ1n) is 7.53. The number of ether oxygens (including phenoxy) is 1. The SMILES string of the molecule is CNC(=O)NC(=O)COC(=O)c1c(NC(C)=O)sc2c1CCCC2. The minimum Gasteiger partial charge on any atom is -0.452 e. The van der Waals surface area contributed by atoms with Crippen molar-refractivity contribution in [1.29, 1.82) is 0 Å². The van der Waals surface area contributed by atoms with E-state index in [1.165, 1.54) is 25.3 Å². The molecule has 0 atom stereocenters. The molecule has 0 bridgehead atoms. The Labute approximate surface area is 142 Å². The molecule has 0 saturated heterocycles. The highest BCUT2D eigenvalue weighted by Gasteiger charge is 2.27. The molecule has 0 aromatic carbocycles. The van der Waals surface area contributed by atoms with Crippen LogP contribution in [-0.2, 0) is 27.2 Å². The van der Waals surface area contributed by atoms with E-state index in [-0.39, 0.29) is 5.91 Å². The molecule has 0 spiro atoms. The quantitative estimate of drug-likeness (QED) is 0.704. The maximum Gasteiger partial charge on any atom is 0.341 e. The van der Waals surface area contributed by atoms with Gasteiger partial charge in [-0.05, 0) is 31.2 Å². The van der Waals surface area contributed by atoms with Crippen molar-refractivity contribution < 1.29 is 23.9 Å². The molecule has 0 aliphatic heterocycles. The highest BCUT2D eigenvalue weighted by atomic mass is 32.1. The zero-order valence-electron chi connectivity index (χ0n) is 13.5. The number of hydrogen-bond donors (Lipinski definition) is 3. The number of urea groups is 1. The molecule has 9 heteroatoms. The molecule has 8 nitrogen and oxygen atoms in total. The van der Waals surface area contributed by atoms with Crippen LogP contribution in [0.5, 0.6) is 0 Å². The van der Waals surface area contributed by atoms with Gasteiger partial charge in [0.2, 0.25) is 5.91 Å². The summed E-state index contributed by atoms with van der Waals surface area (Å²) in [5, 5.41) is 7.34. The molecule has 24 heavy (non-hydrogen) atoms. The number of aryl methyl sites for hydroxylation is 1. The van der Waals surface area contributed by atoms with Crippen molar-refractivity contribution in [3.8, 4) is 0 Å². The lowest BCUT2D eigenvalue weighted by Crippen LogP contribution is -2.39. The maximum atomic E-state index is 12.4. The second-order valence-corrected chi connectivity index (χ2v) is 6.40. The third-order valence-electron chi connectivity index (χ3n) is 3.48.